The lowest BCUT2D eigenvalue weighted by Gasteiger charge is -2.15. The Kier molecular flexibility index (Phi) is 4.56. The minimum Gasteiger partial charge on any atom is -0.425 e. The molecule has 0 amide bonds. The fraction of sp³-hybridized carbons (Fsp3) is 0.529. The van der Waals surface area contributed by atoms with E-state index in [1.165, 1.54) is 0 Å². The third-order valence-corrected chi connectivity index (χ3v) is 4.43. The standard InChI is InChI=1S/C17H21N5O/c1-3-15-21-22-16(23-15)9-12-4-5-13(8-12)20-17-14(10-18)11(2)6-7-19-17/h6-7,12-13H,3-5,8-9H2,1-2H3,(H,19,20)/t12-,13+/m1/s1. The van der Waals surface area contributed by atoms with Gasteiger partial charge in [-0.25, -0.2) is 4.98 Å². The first-order valence-electron chi connectivity index (χ1n) is 8.13. The Hall–Kier alpha value is -2.42. The Morgan fingerprint density at radius 1 is 1.35 bits per heavy atom. The van der Waals surface area contributed by atoms with Crippen LogP contribution in [0.1, 0.15) is 49.1 Å². The molecule has 2 aromatic rings. The zero-order valence-corrected chi connectivity index (χ0v) is 13.5. The van der Waals surface area contributed by atoms with Gasteiger partial charge in [0.15, 0.2) is 0 Å². The molecule has 2 aromatic heterocycles. The molecule has 0 bridgehead atoms. The maximum absolute atomic E-state index is 9.29. The molecule has 1 aliphatic carbocycles. The first-order chi connectivity index (χ1) is 11.2. The van der Waals surface area contributed by atoms with Crippen molar-refractivity contribution in [2.24, 2.45) is 5.92 Å². The smallest absolute Gasteiger partial charge is 0.216 e. The molecule has 0 radical (unpaired) electrons. The van der Waals surface area contributed by atoms with Gasteiger partial charge in [-0.1, -0.05) is 6.92 Å². The molecule has 3 rings (SSSR count). The Morgan fingerprint density at radius 3 is 2.91 bits per heavy atom. The predicted octanol–water partition coefficient (Wildman–Crippen LogP) is 3.03. The molecule has 6 heteroatoms. The van der Waals surface area contributed by atoms with Crippen LogP contribution in [-0.2, 0) is 12.8 Å². The fourth-order valence-corrected chi connectivity index (χ4v) is 3.15. The van der Waals surface area contributed by atoms with Crippen molar-refractivity contribution >= 4 is 5.82 Å². The van der Waals surface area contributed by atoms with Crippen LogP contribution in [0.15, 0.2) is 16.7 Å². The second kappa shape index (κ2) is 6.78. The maximum Gasteiger partial charge on any atom is 0.216 e. The highest BCUT2D eigenvalue weighted by atomic mass is 16.4. The molecule has 0 aliphatic heterocycles. The number of aromatic nitrogens is 3. The monoisotopic (exact) mass is 311 g/mol. The third kappa shape index (κ3) is 3.50. The Morgan fingerprint density at radius 2 is 2.17 bits per heavy atom. The van der Waals surface area contributed by atoms with E-state index in [4.69, 9.17) is 4.42 Å². The second-order valence-electron chi connectivity index (χ2n) is 6.13. The van der Waals surface area contributed by atoms with Gasteiger partial charge in [-0.05, 0) is 43.7 Å². The van der Waals surface area contributed by atoms with E-state index in [0.29, 0.717) is 29.2 Å². The number of nitriles is 1. The summed E-state index contributed by atoms with van der Waals surface area (Å²) in [4.78, 5) is 4.32. The van der Waals surface area contributed by atoms with Gasteiger partial charge in [0.25, 0.3) is 0 Å². The van der Waals surface area contributed by atoms with Crippen molar-refractivity contribution in [1.29, 1.82) is 5.26 Å². The van der Waals surface area contributed by atoms with Gasteiger partial charge >= 0.3 is 0 Å². The van der Waals surface area contributed by atoms with Gasteiger partial charge in [0.05, 0.1) is 5.56 Å². The van der Waals surface area contributed by atoms with Crippen LogP contribution in [0.5, 0.6) is 0 Å². The summed E-state index contributed by atoms with van der Waals surface area (Å²) in [6.45, 7) is 3.94. The molecule has 23 heavy (non-hydrogen) atoms. The fourth-order valence-electron chi connectivity index (χ4n) is 3.15. The first kappa shape index (κ1) is 15.5. The average Bonchev–Trinajstić information content (AvgIpc) is 3.17. The van der Waals surface area contributed by atoms with Gasteiger partial charge < -0.3 is 9.73 Å². The van der Waals surface area contributed by atoms with Crippen molar-refractivity contribution in [2.45, 2.75) is 52.0 Å². The maximum atomic E-state index is 9.29. The normalized spacial score (nSPS) is 20.4. The van der Waals surface area contributed by atoms with Crippen LogP contribution in [0.2, 0.25) is 0 Å². The largest absolute Gasteiger partial charge is 0.425 e. The van der Waals surface area contributed by atoms with Crippen LogP contribution >= 0.6 is 0 Å². The molecule has 1 fully saturated rings. The van der Waals surface area contributed by atoms with Crippen LogP contribution < -0.4 is 5.32 Å². The van der Waals surface area contributed by atoms with E-state index in [1.54, 1.807) is 6.20 Å². The molecular formula is C17H21N5O. The van der Waals surface area contributed by atoms with Crippen molar-refractivity contribution < 1.29 is 4.42 Å². The number of anilines is 1. The van der Waals surface area contributed by atoms with E-state index in [0.717, 1.165) is 43.6 Å². The summed E-state index contributed by atoms with van der Waals surface area (Å²) in [7, 11) is 0. The molecule has 1 aliphatic rings. The Balaban J connectivity index is 1.60. The molecule has 0 saturated heterocycles. The van der Waals surface area contributed by atoms with E-state index < -0.39 is 0 Å². The molecule has 120 valence electrons. The van der Waals surface area contributed by atoms with Crippen LogP contribution in [0, 0.1) is 24.2 Å². The molecule has 6 nitrogen and oxygen atoms in total. The summed E-state index contributed by atoms with van der Waals surface area (Å²) in [6, 6.07) is 4.45. The zero-order valence-electron chi connectivity index (χ0n) is 13.5. The Labute approximate surface area is 135 Å². The van der Waals surface area contributed by atoms with E-state index in [9.17, 15) is 5.26 Å². The molecule has 2 heterocycles. The SMILES string of the molecule is CCc1nnc(C[C@@H]2CC[C@H](Nc3nccc(C)c3C#N)C2)o1. The van der Waals surface area contributed by atoms with Crippen molar-refractivity contribution in [3.8, 4) is 6.07 Å². The number of aryl methyl sites for hydroxylation is 2. The quantitative estimate of drug-likeness (QED) is 0.913. The van der Waals surface area contributed by atoms with Crippen molar-refractivity contribution in [1.82, 2.24) is 15.2 Å². The predicted molar refractivity (Wildman–Crippen MR) is 85.8 cm³/mol. The molecule has 0 unspecified atom stereocenters. The molecule has 0 spiro atoms. The summed E-state index contributed by atoms with van der Waals surface area (Å²) >= 11 is 0. The molecule has 2 atom stereocenters. The van der Waals surface area contributed by atoms with Gasteiger partial charge in [-0.2, -0.15) is 5.26 Å². The van der Waals surface area contributed by atoms with Crippen molar-refractivity contribution in [3.05, 3.63) is 35.2 Å². The van der Waals surface area contributed by atoms with E-state index in [-0.39, 0.29) is 0 Å². The summed E-state index contributed by atoms with van der Waals surface area (Å²) in [6.07, 6.45) is 6.57. The number of hydrogen-bond acceptors (Lipinski definition) is 6. The van der Waals surface area contributed by atoms with Crippen LogP contribution in [0.4, 0.5) is 5.82 Å². The van der Waals surface area contributed by atoms with Gasteiger partial charge in [0.2, 0.25) is 11.8 Å². The highest BCUT2D eigenvalue weighted by molar-refractivity contribution is 5.55. The van der Waals surface area contributed by atoms with Gasteiger partial charge in [-0.3, -0.25) is 0 Å². The van der Waals surface area contributed by atoms with Gasteiger partial charge in [-0.15, -0.1) is 10.2 Å². The average molecular weight is 311 g/mol. The number of rotatable bonds is 5. The second-order valence-corrected chi connectivity index (χ2v) is 6.13. The van der Waals surface area contributed by atoms with E-state index in [2.05, 4.69) is 26.6 Å². The molecule has 0 aromatic carbocycles. The Bertz CT molecular complexity index is 718. The topological polar surface area (TPSA) is 87.6 Å². The zero-order chi connectivity index (χ0) is 16.2. The molecule has 1 N–H and O–H groups in total. The lowest BCUT2D eigenvalue weighted by atomic mass is 10.0. The summed E-state index contributed by atoms with van der Waals surface area (Å²) < 4.78 is 5.60. The summed E-state index contributed by atoms with van der Waals surface area (Å²) in [5.74, 6) is 2.67. The molecular weight excluding hydrogens is 290 g/mol. The summed E-state index contributed by atoms with van der Waals surface area (Å²) in [5, 5.41) is 20.8. The highest BCUT2D eigenvalue weighted by Crippen LogP contribution is 2.31. The van der Waals surface area contributed by atoms with Crippen LogP contribution in [0.3, 0.4) is 0 Å². The van der Waals surface area contributed by atoms with Gasteiger partial charge in [0, 0.05) is 25.1 Å². The lowest BCUT2D eigenvalue weighted by molar-refractivity contribution is 0.409. The van der Waals surface area contributed by atoms with Crippen LogP contribution in [-0.4, -0.2) is 21.2 Å². The summed E-state index contributed by atoms with van der Waals surface area (Å²) in [5.41, 5.74) is 1.60. The number of hydrogen-bond donors (Lipinski definition) is 1. The molecule has 1 saturated carbocycles. The number of nitrogens with zero attached hydrogens (tertiary/aromatic N) is 4. The highest BCUT2D eigenvalue weighted by Gasteiger charge is 2.27. The van der Waals surface area contributed by atoms with E-state index >= 15 is 0 Å². The van der Waals surface area contributed by atoms with E-state index in [1.807, 2.05) is 19.9 Å². The first-order valence-corrected chi connectivity index (χ1v) is 8.13. The lowest BCUT2D eigenvalue weighted by Crippen LogP contribution is -2.18. The van der Waals surface area contributed by atoms with Crippen molar-refractivity contribution in [2.75, 3.05) is 5.32 Å². The van der Waals surface area contributed by atoms with Crippen molar-refractivity contribution in [3.63, 3.8) is 0 Å². The minimum absolute atomic E-state index is 0.343. The third-order valence-electron chi connectivity index (χ3n) is 4.43. The minimum atomic E-state index is 0.343. The number of pyridine rings is 1. The van der Waals surface area contributed by atoms with Gasteiger partial charge in [0.1, 0.15) is 11.9 Å². The van der Waals surface area contributed by atoms with Crippen LogP contribution in [0.25, 0.3) is 0 Å². The number of nitrogens with one attached hydrogen (secondary N) is 1.